The molecule has 0 spiro atoms. The van der Waals surface area contributed by atoms with Crippen molar-refractivity contribution in [2.24, 2.45) is 0 Å². The van der Waals surface area contributed by atoms with Gasteiger partial charge in [0.2, 0.25) is 0 Å². The molecule has 0 saturated heterocycles. The molecule has 0 radical (unpaired) electrons. The number of rotatable bonds is 2. The van der Waals surface area contributed by atoms with Crippen molar-refractivity contribution in [3.8, 4) is 0 Å². The summed E-state index contributed by atoms with van der Waals surface area (Å²) in [5, 5.41) is 0. The van der Waals surface area contributed by atoms with Crippen molar-refractivity contribution in [3.05, 3.63) is 41.0 Å². The molecule has 0 heteroatoms. The van der Waals surface area contributed by atoms with Crippen LogP contribution in [-0.4, -0.2) is 0 Å². The molecule has 1 aromatic rings. The van der Waals surface area contributed by atoms with E-state index in [2.05, 4.69) is 52.0 Å². The van der Waals surface area contributed by atoms with Crippen molar-refractivity contribution in [1.82, 2.24) is 0 Å². The molecule has 0 aliphatic heterocycles. The lowest BCUT2D eigenvalue weighted by Crippen LogP contribution is -1.86. The highest BCUT2D eigenvalue weighted by molar-refractivity contribution is 5.66. The highest BCUT2D eigenvalue weighted by atomic mass is 14.0. The lowest BCUT2D eigenvalue weighted by molar-refractivity contribution is 1.22. The van der Waals surface area contributed by atoms with Crippen LogP contribution in [0.15, 0.2) is 24.3 Å². The van der Waals surface area contributed by atoms with Gasteiger partial charge in [-0.2, -0.15) is 0 Å². The van der Waals surface area contributed by atoms with Crippen LogP contribution in [0.25, 0.3) is 5.57 Å². The molecule has 0 heterocycles. The van der Waals surface area contributed by atoms with Crippen molar-refractivity contribution in [2.45, 2.75) is 34.1 Å². The maximum atomic E-state index is 2.28. The summed E-state index contributed by atoms with van der Waals surface area (Å²) in [6.07, 6.45) is 3.39. The van der Waals surface area contributed by atoms with Crippen molar-refractivity contribution in [3.63, 3.8) is 0 Å². The minimum Gasteiger partial charge on any atom is -0.0813 e. The third-order valence-corrected chi connectivity index (χ3v) is 2.32. The molecule has 0 aliphatic rings. The quantitative estimate of drug-likeness (QED) is 0.632. The van der Waals surface area contributed by atoms with Crippen LogP contribution in [0.5, 0.6) is 0 Å². The fraction of sp³-hybridized carbons (Fsp3) is 0.385. The molecule has 0 aromatic heterocycles. The zero-order valence-corrected chi connectivity index (χ0v) is 9.02. The van der Waals surface area contributed by atoms with Gasteiger partial charge in [0.15, 0.2) is 0 Å². The third kappa shape index (κ3) is 2.45. The largest absolute Gasteiger partial charge is 0.0813 e. The van der Waals surface area contributed by atoms with Gasteiger partial charge in [0.25, 0.3) is 0 Å². The number of hydrogen-bond donors (Lipinski definition) is 0. The van der Waals surface area contributed by atoms with Crippen LogP contribution in [0.2, 0.25) is 0 Å². The normalized spacial score (nSPS) is 11.8. The average Bonchev–Trinajstić information content (AvgIpc) is 2.04. The van der Waals surface area contributed by atoms with Crippen LogP contribution < -0.4 is 0 Å². The van der Waals surface area contributed by atoms with Gasteiger partial charge in [0.05, 0.1) is 0 Å². The first-order valence-electron chi connectivity index (χ1n) is 4.89. The molecule has 13 heavy (non-hydrogen) atoms. The van der Waals surface area contributed by atoms with Gasteiger partial charge in [-0.1, -0.05) is 36.8 Å². The zero-order valence-electron chi connectivity index (χ0n) is 9.02. The molecular weight excluding hydrogens is 156 g/mol. The second kappa shape index (κ2) is 4.27. The van der Waals surface area contributed by atoms with E-state index in [-0.39, 0.29) is 0 Å². The monoisotopic (exact) mass is 174 g/mol. The highest BCUT2D eigenvalue weighted by Crippen LogP contribution is 2.19. The first-order chi connectivity index (χ1) is 6.15. The molecule has 0 nitrogen and oxygen atoms in total. The summed E-state index contributed by atoms with van der Waals surface area (Å²) in [5.41, 5.74) is 5.49. The molecular formula is C13H18. The average molecular weight is 174 g/mol. The first-order valence-corrected chi connectivity index (χ1v) is 4.89. The predicted octanol–water partition coefficient (Wildman–Crippen LogP) is 4.12. The summed E-state index contributed by atoms with van der Waals surface area (Å²) in [6, 6.07) is 6.63. The van der Waals surface area contributed by atoms with Crippen molar-refractivity contribution in [2.75, 3.05) is 0 Å². The zero-order chi connectivity index (χ0) is 9.84. The molecule has 0 bridgehead atoms. The fourth-order valence-corrected chi connectivity index (χ4v) is 1.67. The van der Waals surface area contributed by atoms with E-state index in [1.165, 1.54) is 22.3 Å². The Morgan fingerprint density at radius 3 is 2.54 bits per heavy atom. The van der Waals surface area contributed by atoms with E-state index in [0.717, 1.165) is 6.42 Å². The summed E-state index contributed by atoms with van der Waals surface area (Å²) in [6.45, 7) is 8.67. The highest BCUT2D eigenvalue weighted by Gasteiger charge is 1.99. The number of allylic oxidation sites excluding steroid dienone is 2. The minimum atomic E-state index is 1.11. The van der Waals surface area contributed by atoms with E-state index in [4.69, 9.17) is 0 Å². The van der Waals surface area contributed by atoms with E-state index >= 15 is 0 Å². The Hall–Kier alpha value is -1.04. The Balaban J connectivity index is 3.09. The SMILES string of the molecule is CC/C=C(\C)c1ccc(C)cc1C. The molecule has 0 fully saturated rings. The summed E-state index contributed by atoms with van der Waals surface area (Å²) >= 11 is 0. The summed E-state index contributed by atoms with van der Waals surface area (Å²) in [5.74, 6) is 0. The molecule has 70 valence electrons. The lowest BCUT2D eigenvalue weighted by atomic mass is 9.99. The van der Waals surface area contributed by atoms with Gasteiger partial charge in [-0.15, -0.1) is 0 Å². The maximum absolute atomic E-state index is 2.28. The van der Waals surface area contributed by atoms with Crippen molar-refractivity contribution in [1.29, 1.82) is 0 Å². The number of aryl methyl sites for hydroxylation is 2. The smallest absolute Gasteiger partial charge is 0.0201 e. The Morgan fingerprint density at radius 2 is 2.00 bits per heavy atom. The standard InChI is InChI=1S/C13H18/c1-5-6-11(3)13-8-7-10(2)9-12(13)4/h6-9H,5H2,1-4H3/b11-6+. The van der Waals surface area contributed by atoms with E-state index in [9.17, 15) is 0 Å². The predicted molar refractivity (Wildman–Crippen MR) is 59.9 cm³/mol. The fourth-order valence-electron chi connectivity index (χ4n) is 1.67. The molecule has 0 amide bonds. The van der Waals surface area contributed by atoms with Crippen molar-refractivity contribution >= 4 is 5.57 Å². The Labute approximate surface area is 81.3 Å². The van der Waals surface area contributed by atoms with Crippen LogP contribution in [0.1, 0.15) is 37.0 Å². The van der Waals surface area contributed by atoms with Gasteiger partial charge >= 0.3 is 0 Å². The van der Waals surface area contributed by atoms with E-state index < -0.39 is 0 Å². The second-order valence-corrected chi connectivity index (χ2v) is 3.61. The Kier molecular flexibility index (Phi) is 3.30. The van der Waals surface area contributed by atoms with Crippen LogP contribution in [0, 0.1) is 13.8 Å². The van der Waals surface area contributed by atoms with Crippen LogP contribution in [0.4, 0.5) is 0 Å². The summed E-state index contributed by atoms with van der Waals surface area (Å²) in [7, 11) is 0. The summed E-state index contributed by atoms with van der Waals surface area (Å²) < 4.78 is 0. The first kappa shape index (κ1) is 10.0. The summed E-state index contributed by atoms with van der Waals surface area (Å²) in [4.78, 5) is 0. The topological polar surface area (TPSA) is 0 Å². The molecule has 0 atom stereocenters. The van der Waals surface area contributed by atoms with Crippen LogP contribution in [-0.2, 0) is 0 Å². The van der Waals surface area contributed by atoms with E-state index in [1.807, 2.05) is 0 Å². The molecule has 1 aromatic carbocycles. The third-order valence-electron chi connectivity index (χ3n) is 2.32. The Morgan fingerprint density at radius 1 is 1.31 bits per heavy atom. The van der Waals surface area contributed by atoms with Gasteiger partial charge in [-0.3, -0.25) is 0 Å². The van der Waals surface area contributed by atoms with E-state index in [1.54, 1.807) is 0 Å². The van der Waals surface area contributed by atoms with Gasteiger partial charge in [0.1, 0.15) is 0 Å². The number of hydrogen-bond acceptors (Lipinski definition) is 0. The lowest BCUT2D eigenvalue weighted by Gasteiger charge is -2.06. The van der Waals surface area contributed by atoms with Gasteiger partial charge in [-0.05, 0) is 43.9 Å². The minimum absolute atomic E-state index is 1.11. The van der Waals surface area contributed by atoms with Crippen molar-refractivity contribution < 1.29 is 0 Å². The molecule has 1 rings (SSSR count). The van der Waals surface area contributed by atoms with Crippen LogP contribution >= 0.6 is 0 Å². The molecule has 0 aliphatic carbocycles. The number of benzene rings is 1. The van der Waals surface area contributed by atoms with Gasteiger partial charge in [-0.25, -0.2) is 0 Å². The molecule has 0 saturated carbocycles. The molecule has 0 unspecified atom stereocenters. The second-order valence-electron chi connectivity index (χ2n) is 3.61. The van der Waals surface area contributed by atoms with Gasteiger partial charge < -0.3 is 0 Å². The Bertz CT molecular complexity index is 319. The van der Waals surface area contributed by atoms with E-state index in [0.29, 0.717) is 0 Å². The van der Waals surface area contributed by atoms with Crippen LogP contribution in [0.3, 0.4) is 0 Å². The molecule has 0 N–H and O–H groups in total. The maximum Gasteiger partial charge on any atom is -0.0201 e. The van der Waals surface area contributed by atoms with Gasteiger partial charge in [0, 0.05) is 0 Å².